The minimum absolute atomic E-state index is 0.624. The molecular weight excluding hydrogens is 266 g/mol. The van der Waals surface area contributed by atoms with Crippen LogP contribution < -0.4 is 9.47 Å². The fraction of sp³-hybridized carbons (Fsp3) is 0.235. The summed E-state index contributed by atoms with van der Waals surface area (Å²) in [6, 6.07) is 15.7. The molecule has 2 aromatic carbocycles. The molecule has 0 saturated carbocycles. The molecule has 0 unspecified atom stereocenters. The van der Waals surface area contributed by atoms with E-state index in [4.69, 9.17) is 14.7 Å². The maximum Gasteiger partial charge on any atom is 0.161 e. The van der Waals surface area contributed by atoms with Crippen LogP contribution in [0.5, 0.6) is 11.5 Å². The molecule has 0 heterocycles. The van der Waals surface area contributed by atoms with Crippen molar-refractivity contribution in [3.8, 4) is 11.5 Å². The maximum absolute atomic E-state index is 8.53. The van der Waals surface area contributed by atoms with Crippen LogP contribution in [0.4, 0.5) is 0 Å². The molecule has 0 fully saturated rings. The molecule has 0 radical (unpaired) electrons. The van der Waals surface area contributed by atoms with Crippen LogP contribution in [0.2, 0.25) is 0 Å². The number of aryl methyl sites for hydroxylation is 1. The van der Waals surface area contributed by atoms with Gasteiger partial charge in [-0.2, -0.15) is 0 Å². The Labute approximate surface area is 124 Å². The van der Waals surface area contributed by atoms with Gasteiger partial charge in [0, 0.05) is 5.56 Å². The lowest BCUT2D eigenvalue weighted by molar-refractivity contribution is 0.289. The monoisotopic (exact) mass is 285 g/mol. The summed E-state index contributed by atoms with van der Waals surface area (Å²) >= 11 is 0. The first-order valence-electron chi connectivity index (χ1n) is 6.85. The Hall–Kier alpha value is -2.49. The molecule has 0 spiro atoms. The maximum atomic E-state index is 8.53. The van der Waals surface area contributed by atoms with E-state index in [1.54, 1.807) is 13.2 Å². The minimum Gasteiger partial charge on any atom is -0.493 e. The van der Waals surface area contributed by atoms with Gasteiger partial charge >= 0.3 is 0 Å². The van der Waals surface area contributed by atoms with Gasteiger partial charge in [0.05, 0.1) is 19.9 Å². The number of nitrogens with zero attached hydrogens (tertiary/aromatic N) is 1. The number of benzene rings is 2. The van der Waals surface area contributed by atoms with Crippen molar-refractivity contribution in [3.05, 3.63) is 59.7 Å². The first kappa shape index (κ1) is 14.9. The van der Waals surface area contributed by atoms with Crippen molar-refractivity contribution >= 4 is 6.21 Å². The van der Waals surface area contributed by atoms with Crippen LogP contribution in [0.15, 0.2) is 53.7 Å². The van der Waals surface area contributed by atoms with Gasteiger partial charge in [0.25, 0.3) is 0 Å². The van der Waals surface area contributed by atoms with Crippen molar-refractivity contribution in [1.82, 2.24) is 0 Å². The number of oxime groups is 1. The van der Waals surface area contributed by atoms with E-state index in [2.05, 4.69) is 17.3 Å². The van der Waals surface area contributed by atoms with Crippen LogP contribution in [0.3, 0.4) is 0 Å². The molecule has 0 saturated heterocycles. The summed E-state index contributed by atoms with van der Waals surface area (Å²) < 4.78 is 11.0. The molecule has 0 atom stereocenters. The quantitative estimate of drug-likeness (QED) is 0.366. The average Bonchev–Trinajstić information content (AvgIpc) is 2.53. The van der Waals surface area contributed by atoms with Gasteiger partial charge in [-0.15, -0.1) is 0 Å². The summed E-state index contributed by atoms with van der Waals surface area (Å²) in [7, 11) is 1.59. The van der Waals surface area contributed by atoms with E-state index in [1.807, 2.05) is 30.3 Å². The molecule has 21 heavy (non-hydrogen) atoms. The second kappa shape index (κ2) is 7.94. The molecular formula is C17H19NO3. The molecule has 0 aliphatic rings. The highest BCUT2D eigenvalue weighted by atomic mass is 16.5. The van der Waals surface area contributed by atoms with Gasteiger partial charge in [-0.25, -0.2) is 0 Å². The Bertz CT molecular complexity index is 582. The topological polar surface area (TPSA) is 51.0 Å². The van der Waals surface area contributed by atoms with E-state index in [0.29, 0.717) is 18.1 Å². The first-order chi connectivity index (χ1) is 10.3. The van der Waals surface area contributed by atoms with Crippen molar-refractivity contribution < 1.29 is 14.7 Å². The first-order valence-corrected chi connectivity index (χ1v) is 6.85. The predicted molar refractivity (Wildman–Crippen MR) is 82.6 cm³/mol. The Morgan fingerprint density at radius 2 is 1.90 bits per heavy atom. The highest BCUT2D eigenvalue weighted by molar-refractivity contribution is 5.80. The zero-order valence-electron chi connectivity index (χ0n) is 12.0. The molecule has 0 amide bonds. The summed E-state index contributed by atoms with van der Waals surface area (Å²) in [6.45, 7) is 0.624. The lowest BCUT2D eigenvalue weighted by Crippen LogP contribution is -2.01. The molecule has 1 N–H and O–H groups in total. The van der Waals surface area contributed by atoms with E-state index < -0.39 is 0 Å². The second-order valence-electron chi connectivity index (χ2n) is 4.59. The molecule has 2 aromatic rings. The molecule has 4 heteroatoms. The fourth-order valence-electron chi connectivity index (χ4n) is 2.05. The van der Waals surface area contributed by atoms with Crippen molar-refractivity contribution in [2.45, 2.75) is 12.8 Å². The van der Waals surface area contributed by atoms with E-state index >= 15 is 0 Å². The third-order valence-corrected chi connectivity index (χ3v) is 3.10. The number of methoxy groups -OCH3 is 1. The largest absolute Gasteiger partial charge is 0.493 e. The van der Waals surface area contributed by atoms with Crippen molar-refractivity contribution in [3.63, 3.8) is 0 Å². The van der Waals surface area contributed by atoms with Gasteiger partial charge in [0.2, 0.25) is 0 Å². The number of ether oxygens (including phenoxy) is 2. The third kappa shape index (κ3) is 4.53. The van der Waals surface area contributed by atoms with Gasteiger partial charge in [0.1, 0.15) is 0 Å². The summed E-state index contributed by atoms with van der Waals surface area (Å²) in [5.74, 6) is 1.33. The van der Waals surface area contributed by atoms with Crippen LogP contribution in [0, 0.1) is 0 Å². The van der Waals surface area contributed by atoms with Gasteiger partial charge in [-0.05, 0) is 36.6 Å². The minimum atomic E-state index is 0.624. The standard InChI is InChI=1S/C17H19NO3/c1-20-17-12-15(13-18-19)9-10-16(17)21-11-5-8-14-6-3-2-4-7-14/h2-4,6-7,9-10,12-13,19H,5,8,11H2,1H3. The molecule has 0 aliphatic heterocycles. The van der Waals surface area contributed by atoms with Gasteiger partial charge in [0.15, 0.2) is 11.5 Å². The molecule has 0 aliphatic carbocycles. The zero-order chi connectivity index (χ0) is 14.9. The van der Waals surface area contributed by atoms with Gasteiger partial charge < -0.3 is 14.7 Å². The lowest BCUT2D eigenvalue weighted by Gasteiger charge is -2.11. The fourth-order valence-corrected chi connectivity index (χ4v) is 2.05. The summed E-state index contributed by atoms with van der Waals surface area (Å²) in [4.78, 5) is 0. The third-order valence-electron chi connectivity index (χ3n) is 3.10. The average molecular weight is 285 g/mol. The molecule has 4 nitrogen and oxygen atoms in total. The highest BCUT2D eigenvalue weighted by Crippen LogP contribution is 2.27. The summed E-state index contributed by atoms with van der Waals surface area (Å²) in [5.41, 5.74) is 2.06. The smallest absolute Gasteiger partial charge is 0.161 e. The van der Waals surface area contributed by atoms with Crippen LogP contribution in [0.1, 0.15) is 17.5 Å². The number of rotatable bonds is 7. The molecule has 0 bridgehead atoms. The number of hydrogen-bond donors (Lipinski definition) is 1. The number of hydrogen-bond acceptors (Lipinski definition) is 4. The van der Waals surface area contributed by atoms with Crippen LogP contribution in [-0.4, -0.2) is 25.1 Å². The summed E-state index contributed by atoms with van der Waals surface area (Å²) in [5, 5.41) is 11.5. The Kier molecular flexibility index (Phi) is 5.64. The van der Waals surface area contributed by atoms with E-state index in [1.165, 1.54) is 11.8 Å². The SMILES string of the molecule is COc1cc(C=NO)ccc1OCCCc1ccccc1. The molecule has 110 valence electrons. The zero-order valence-corrected chi connectivity index (χ0v) is 12.0. The van der Waals surface area contributed by atoms with E-state index in [9.17, 15) is 0 Å². The summed E-state index contributed by atoms with van der Waals surface area (Å²) in [6.07, 6.45) is 3.27. The van der Waals surface area contributed by atoms with Crippen LogP contribution >= 0.6 is 0 Å². The van der Waals surface area contributed by atoms with Crippen molar-refractivity contribution in [2.24, 2.45) is 5.16 Å². The van der Waals surface area contributed by atoms with Crippen LogP contribution in [-0.2, 0) is 6.42 Å². The van der Waals surface area contributed by atoms with Gasteiger partial charge in [-0.1, -0.05) is 35.5 Å². The van der Waals surface area contributed by atoms with E-state index in [-0.39, 0.29) is 0 Å². The normalized spacial score (nSPS) is 10.7. The van der Waals surface area contributed by atoms with Crippen molar-refractivity contribution in [1.29, 1.82) is 0 Å². The second-order valence-corrected chi connectivity index (χ2v) is 4.59. The Morgan fingerprint density at radius 1 is 1.10 bits per heavy atom. The van der Waals surface area contributed by atoms with Crippen molar-refractivity contribution in [2.75, 3.05) is 13.7 Å². The molecule has 2 rings (SSSR count). The lowest BCUT2D eigenvalue weighted by atomic mass is 10.1. The van der Waals surface area contributed by atoms with E-state index in [0.717, 1.165) is 18.4 Å². The Balaban J connectivity index is 1.88. The van der Waals surface area contributed by atoms with Gasteiger partial charge in [-0.3, -0.25) is 0 Å². The molecule has 0 aromatic heterocycles. The van der Waals surface area contributed by atoms with Crippen LogP contribution in [0.25, 0.3) is 0 Å². The highest BCUT2D eigenvalue weighted by Gasteiger charge is 2.05. The Morgan fingerprint density at radius 3 is 2.62 bits per heavy atom. The predicted octanol–water partition coefficient (Wildman–Crippen LogP) is 3.51.